The number of nitrogens with zero attached hydrogens (tertiary/aromatic N) is 3. The number of amides is 1. The molecule has 1 aromatic carbocycles. The highest BCUT2D eigenvalue weighted by atomic mass is 32.2. The summed E-state index contributed by atoms with van der Waals surface area (Å²) in [5.41, 5.74) is 2.60. The fraction of sp³-hybridized carbons (Fsp3) is 0.704. The molecule has 2 aliphatic heterocycles. The topological polar surface area (TPSA) is 110 Å². The van der Waals surface area contributed by atoms with Gasteiger partial charge in [-0.25, -0.2) is 13.2 Å². The molecule has 2 fully saturated rings. The maximum atomic E-state index is 13.8. The number of hydrogen-bond donors (Lipinski definition) is 2. The summed E-state index contributed by atoms with van der Waals surface area (Å²) in [6, 6.07) is 3.86. The van der Waals surface area contributed by atoms with Crippen molar-refractivity contribution in [1.82, 2.24) is 19.4 Å². The van der Waals surface area contributed by atoms with Gasteiger partial charge >= 0.3 is 12.1 Å². The first-order valence-corrected chi connectivity index (χ1v) is 15.0. The van der Waals surface area contributed by atoms with Crippen LogP contribution in [0.1, 0.15) is 43.4 Å². The average molecular weight is 593 g/mol. The van der Waals surface area contributed by atoms with Gasteiger partial charge in [0, 0.05) is 65.3 Å². The minimum atomic E-state index is -5.08. The number of benzene rings is 1. The highest BCUT2D eigenvalue weighted by molar-refractivity contribution is 7.89. The Morgan fingerprint density at radius 2 is 1.52 bits per heavy atom. The third-order valence-corrected chi connectivity index (χ3v) is 9.30. The lowest BCUT2D eigenvalue weighted by Crippen LogP contribution is -2.48. The third kappa shape index (κ3) is 10.0. The van der Waals surface area contributed by atoms with Gasteiger partial charge in [0.15, 0.2) is 0 Å². The molecule has 0 radical (unpaired) electrons. The second-order valence-electron chi connectivity index (χ2n) is 11.0. The van der Waals surface area contributed by atoms with Crippen molar-refractivity contribution in [3.05, 3.63) is 28.8 Å². The van der Waals surface area contributed by atoms with Gasteiger partial charge in [0.25, 0.3) is 0 Å². The number of carbonyl (C=O) groups excluding carboxylic acids is 1. The van der Waals surface area contributed by atoms with E-state index in [2.05, 4.69) is 24.1 Å². The van der Waals surface area contributed by atoms with Crippen molar-refractivity contribution in [1.29, 1.82) is 0 Å². The van der Waals surface area contributed by atoms with E-state index in [1.165, 1.54) is 6.42 Å². The number of piperidine rings is 1. The maximum Gasteiger partial charge on any atom is 0.490 e. The lowest BCUT2D eigenvalue weighted by molar-refractivity contribution is -0.192. The SMILES string of the molecule is Cc1cc(C)c(S(=O)(=O)N(CCC(=O)N2CCNCC2)CCN2CC(C)CC(C)C2)c(C)c1.O=C(O)C(F)(F)F. The van der Waals surface area contributed by atoms with Crippen LogP contribution < -0.4 is 5.32 Å². The molecule has 0 saturated carbocycles. The van der Waals surface area contributed by atoms with E-state index < -0.39 is 22.2 Å². The van der Waals surface area contributed by atoms with Crippen LogP contribution in [0.5, 0.6) is 0 Å². The van der Waals surface area contributed by atoms with Gasteiger partial charge in [0.1, 0.15) is 0 Å². The fourth-order valence-electron chi connectivity index (χ4n) is 5.58. The van der Waals surface area contributed by atoms with Crippen LogP contribution in [0.25, 0.3) is 0 Å². The summed E-state index contributed by atoms with van der Waals surface area (Å²) in [5, 5.41) is 10.4. The van der Waals surface area contributed by atoms with Crippen LogP contribution in [0.3, 0.4) is 0 Å². The molecule has 1 aromatic rings. The molecule has 3 rings (SSSR count). The van der Waals surface area contributed by atoms with Gasteiger partial charge < -0.3 is 20.2 Å². The number of likely N-dealkylation sites (tertiary alicyclic amines) is 1. The molecule has 1 amide bonds. The smallest absolute Gasteiger partial charge is 0.475 e. The van der Waals surface area contributed by atoms with Gasteiger partial charge in [0.05, 0.1) is 4.90 Å². The first-order valence-electron chi connectivity index (χ1n) is 13.6. The van der Waals surface area contributed by atoms with Gasteiger partial charge in [-0.15, -0.1) is 0 Å². The Labute approximate surface area is 235 Å². The van der Waals surface area contributed by atoms with Gasteiger partial charge in [-0.1, -0.05) is 31.5 Å². The van der Waals surface area contributed by atoms with Gasteiger partial charge in [-0.2, -0.15) is 17.5 Å². The van der Waals surface area contributed by atoms with Crippen LogP contribution >= 0.6 is 0 Å². The Balaban J connectivity index is 0.000000708. The zero-order valence-electron chi connectivity index (χ0n) is 24.1. The van der Waals surface area contributed by atoms with Crippen LogP contribution in [0.15, 0.2) is 17.0 Å². The van der Waals surface area contributed by atoms with E-state index in [9.17, 15) is 26.4 Å². The molecule has 2 unspecified atom stereocenters. The van der Waals surface area contributed by atoms with Crippen molar-refractivity contribution < 1.29 is 36.3 Å². The largest absolute Gasteiger partial charge is 0.490 e. The van der Waals surface area contributed by atoms with E-state index in [0.717, 1.165) is 42.9 Å². The Kier molecular flexibility index (Phi) is 12.4. The first-order chi connectivity index (χ1) is 18.5. The van der Waals surface area contributed by atoms with Crippen molar-refractivity contribution in [2.45, 2.75) is 58.5 Å². The predicted molar refractivity (Wildman–Crippen MR) is 147 cm³/mol. The molecular weight excluding hydrogens is 549 g/mol. The summed E-state index contributed by atoms with van der Waals surface area (Å²) in [7, 11) is -3.71. The maximum absolute atomic E-state index is 13.8. The van der Waals surface area contributed by atoms with Crippen LogP contribution in [-0.4, -0.2) is 105 Å². The molecule has 228 valence electrons. The quantitative estimate of drug-likeness (QED) is 0.478. The molecule has 2 atom stereocenters. The minimum absolute atomic E-state index is 0.0364. The number of aryl methyl sites for hydroxylation is 3. The lowest BCUT2D eigenvalue weighted by Gasteiger charge is -2.36. The van der Waals surface area contributed by atoms with E-state index in [1.807, 2.05) is 37.8 Å². The highest BCUT2D eigenvalue weighted by Crippen LogP contribution is 2.26. The summed E-state index contributed by atoms with van der Waals surface area (Å²) in [4.78, 5) is 26.3. The van der Waals surface area contributed by atoms with Crippen molar-refractivity contribution in [2.75, 3.05) is 58.9 Å². The van der Waals surface area contributed by atoms with E-state index >= 15 is 0 Å². The van der Waals surface area contributed by atoms with Gasteiger partial charge in [-0.3, -0.25) is 4.79 Å². The molecule has 13 heteroatoms. The Hall–Kier alpha value is -2.22. The van der Waals surface area contributed by atoms with Crippen molar-refractivity contribution >= 4 is 21.9 Å². The minimum Gasteiger partial charge on any atom is -0.475 e. The monoisotopic (exact) mass is 592 g/mol. The van der Waals surface area contributed by atoms with E-state index in [-0.39, 0.29) is 18.9 Å². The number of nitrogens with one attached hydrogen (secondary N) is 1. The average Bonchev–Trinajstić information content (AvgIpc) is 2.82. The van der Waals surface area contributed by atoms with E-state index in [0.29, 0.717) is 42.9 Å². The number of halogens is 3. The molecule has 0 aromatic heterocycles. The molecule has 2 saturated heterocycles. The number of carboxylic acids is 1. The molecule has 40 heavy (non-hydrogen) atoms. The molecule has 0 bridgehead atoms. The number of sulfonamides is 1. The second-order valence-corrected chi connectivity index (χ2v) is 12.9. The third-order valence-electron chi connectivity index (χ3n) is 7.10. The predicted octanol–water partition coefficient (Wildman–Crippen LogP) is 3.04. The number of carbonyl (C=O) groups is 2. The Bertz CT molecular complexity index is 1090. The van der Waals surface area contributed by atoms with Crippen LogP contribution in [0, 0.1) is 32.6 Å². The number of piperazine rings is 1. The normalized spacial score (nSPS) is 20.7. The van der Waals surface area contributed by atoms with Crippen molar-refractivity contribution in [2.24, 2.45) is 11.8 Å². The van der Waals surface area contributed by atoms with Crippen molar-refractivity contribution in [3.63, 3.8) is 0 Å². The first kappa shape index (κ1) is 34.0. The fourth-order valence-corrected chi connectivity index (χ4v) is 7.42. The van der Waals surface area contributed by atoms with Crippen LogP contribution in [0.2, 0.25) is 0 Å². The number of alkyl halides is 3. The van der Waals surface area contributed by atoms with Crippen LogP contribution in [0.4, 0.5) is 13.2 Å². The Morgan fingerprint density at radius 3 is 2.00 bits per heavy atom. The summed E-state index contributed by atoms with van der Waals surface area (Å²) in [6.07, 6.45) is -3.64. The van der Waals surface area contributed by atoms with E-state index in [4.69, 9.17) is 9.90 Å². The summed E-state index contributed by atoms with van der Waals surface area (Å²) < 4.78 is 61.0. The van der Waals surface area contributed by atoms with E-state index in [1.54, 1.807) is 4.31 Å². The molecule has 2 aliphatic rings. The van der Waals surface area contributed by atoms with Gasteiger partial charge in [0.2, 0.25) is 15.9 Å². The second kappa shape index (κ2) is 14.6. The number of carboxylic acid groups (broad SMARTS) is 1. The number of aliphatic carboxylic acids is 1. The number of rotatable bonds is 8. The molecule has 9 nitrogen and oxygen atoms in total. The summed E-state index contributed by atoms with van der Waals surface area (Å²) >= 11 is 0. The van der Waals surface area contributed by atoms with Crippen LogP contribution in [-0.2, 0) is 19.6 Å². The van der Waals surface area contributed by atoms with Crippen molar-refractivity contribution in [3.8, 4) is 0 Å². The molecule has 2 N–H and O–H groups in total. The lowest BCUT2D eigenvalue weighted by atomic mass is 9.92. The summed E-state index contributed by atoms with van der Waals surface area (Å²) in [6.45, 7) is 16.5. The van der Waals surface area contributed by atoms with Gasteiger partial charge in [-0.05, 0) is 50.2 Å². The molecular formula is C27H43F3N4O5S. The standard InChI is InChI=1S/C25H42N4O3S.C2HF3O2/c1-19-15-22(4)25(23(5)16-19)33(31,32)29(9-6-24(30)28-10-7-26-8-11-28)13-12-27-17-20(2)14-21(3)18-27;3-2(4,5)1(6)7/h15-16,20-21,26H,6-14,17-18H2,1-5H3;(H,6,7). The number of hydrogen-bond acceptors (Lipinski definition) is 6. The molecule has 0 spiro atoms. The zero-order chi connectivity index (χ0) is 30.3. The summed E-state index contributed by atoms with van der Waals surface area (Å²) in [5.74, 6) is -1.48. The molecule has 2 heterocycles. The highest BCUT2D eigenvalue weighted by Gasteiger charge is 2.38. The molecule has 0 aliphatic carbocycles. The zero-order valence-corrected chi connectivity index (χ0v) is 24.9. The Morgan fingerprint density at radius 1 is 1.02 bits per heavy atom.